The Labute approximate surface area is 114 Å². The maximum Gasteiger partial charge on any atom is 0.573 e. The van der Waals surface area contributed by atoms with Crippen LogP contribution in [0.5, 0.6) is 5.75 Å². The molecule has 0 fully saturated rings. The Morgan fingerprint density at radius 3 is 2.15 bits per heavy atom. The van der Waals surface area contributed by atoms with Crippen LogP contribution in [0.2, 0.25) is 0 Å². The lowest BCUT2D eigenvalue weighted by Gasteiger charge is -2.27. The number of alkyl halides is 3. The first-order valence-corrected chi connectivity index (χ1v) is 5.87. The van der Waals surface area contributed by atoms with E-state index in [1.54, 1.807) is 13.8 Å². The van der Waals surface area contributed by atoms with Crippen molar-refractivity contribution in [2.24, 2.45) is 0 Å². The Morgan fingerprint density at radius 2 is 1.75 bits per heavy atom. The average Bonchev–Trinajstić information content (AvgIpc) is 2.26. The van der Waals surface area contributed by atoms with Crippen LogP contribution in [0.3, 0.4) is 0 Å². The van der Waals surface area contributed by atoms with Gasteiger partial charge in [-0.3, -0.25) is 4.79 Å². The van der Waals surface area contributed by atoms with Crippen LogP contribution in [0.15, 0.2) is 24.3 Å². The lowest BCUT2D eigenvalue weighted by Crippen LogP contribution is -2.45. The van der Waals surface area contributed by atoms with Gasteiger partial charge in [-0.25, -0.2) is 0 Å². The fourth-order valence-electron chi connectivity index (χ4n) is 1.56. The van der Waals surface area contributed by atoms with Gasteiger partial charge in [0.05, 0.1) is 5.54 Å². The highest BCUT2D eigenvalue weighted by Crippen LogP contribution is 2.26. The molecule has 0 aliphatic heterocycles. The number of rotatable bonds is 4. The first-order valence-electron chi connectivity index (χ1n) is 5.87. The van der Waals surface area contributed by atoms with E-state index in [9.17, 15) is 18.0 Å². The number of hydrogen-bond acceptors (Lipinski definition) is 3. The second kappa shape index (κ2) is 5.70. The van der Waals surface area contributed by atoms with Crippen LogP contribution in [-0.2, 0) is 10.3 Å². The summed E-state index contributed by atoms with van der Waals surface area (Å²) < 4.78 is 39.9. The lowest BCUT2D eigenvalue weighted by atomic mass is 9.94. The highest BCUT2D eigenvalue weighted by atomic mass is 19.4. The number of aliphatic hydroxyl groups is 1. The molecule has 0 bridgehead atoms. The zero-order chi connectivity index (χ0) is 15.6. The SMILES string of the molecule is C[C@H](O)C(=O)NC(C)(C)c1ccc(OC(F)(F)F)cc1. The van der Waals surface area contributed by atoms with E-state index in [1.807, 2.05) is 0 Å². The van der Waals surface area contributed by atoms with E-state index in [0.717, 1.165) is 0 Å². The Kier molecular flexibility index (Phi) is 4.65. The van der Waals surface area contributed by atoms with Crippen LogP contribution in [0.1, 0.15) is 26.3 Å². The van der Waals surface area contributed by atoms with Crippen LogP contribution < -0.4 is 10.1 Å². The van der Waals surface area contributed by atoms with Crippen molar-refractivity contribution < 1.29 is 27.8 Å². The van der Waals surface area contributed by atoms with E-state index in [1.165, 1.54) is 31.2 Å². The number of aliphatic hydroxyl groups excluding tert-OH is 1. The van der Waals surface area contributed by atoms with Crippen molar-refractivity contribution in [2.45, 2.75) is 38.8 Å². The van der Waals surface area contributed by atoms with E-state index in [4.69, 9.17) is 5.11 Å². The molecule has 0 heterocycles. The fraction of sp³-hybridized carbons (Fsp3) is 0.462. The summed E-state index contributed by atoms with van der Waals surface area (Å²) in [6.45, 7) is 4.67. The van der Waals surface area contributed by atoms with Gasteiger partial charge in [-0.1, -0.05) is 12.1 Å². The van der Waals surface area contributed by atoms with Crippen LogP contribution in [0.25, 0.3) is 0 Å². The molecular formula is C13H16F3NO3. The monoisotopic (exact) mass is 291 g/mol. The summed E-state index contributed by atoms with van der Waals surface area (Å²) in [7, 11) is 0. The van der Waals surface area contributed by atoms with Gasteiger partial charge in [0.25, 0.3) is 0 Å². The van der Waals surface area contributed by atoms with Gasteiger partial charge >= 0.3 is 6.36 Å². The highest BCUT2D eigenvalue weighted by Gasteiger charge is 2.31. The molecule has 0 saturated carbocycles. The van der Waals surface area contributed by atoms with Gasteiger partial charge in [-0.15, -0.1) is 13.2 Å². The van der Waals surface area contributed by atoms with Crippen molar-refractivity contribution in [1.29, 1.82) is 0 Å². The average molecular weight is 291 g/mol. The molecule has 0 spiro atoms. The molecule has 0 radical (unpaired) electrons. The predicted molar refractivity (Wildman–Crippen MR) is 66.0 cm³/mol. The molecule has 112 valence electrons. The molecule has 1 amide bonds. The number of hydrogen-bond donors (Lipinski definition) is 2. The summed E-state index contributed by atoms with van der Waals surface area (Å²) >= 11 is 0. The maximum absolute atomic E-state index is 12.0. The van der Waals surface area contributed by atoms with Crippen molar-refractivity contribution in [2.75, 3.05) is 0 Å². The first-order chi connectivity index (χ1) is 9.01. The summed E-state index contributed by atoms with van der Waals surface area (Å²) in [6, 6.07) is 5.17. The minimum atomic E-state index is -4.74. The Balaban J connectivity index is 2.84. The number of benzene rings is 1. The van der Waals surface area contributed by atoms with Crippen molar-refractivity contribution in [3.8, 4) is 5.75 Å². The van der Waals surface area contributed by atoms with Gasteiger partial charge in [-0.2, -0.15) is 0 Å². The molecule has 1 aromatic rings. The van der Waals surface area contributed by atoms with Gasteiger partial charge < -0.3 is 15.2 Å². The van der Waals surface area contributed by atoms with Gasteiger partial charge in [-0.05, 0) is 38.5 Å². The number of ether oxygens (including phenoxy) is 1. The first kappa shape index (κ1) is 16.3. The molecule has 0 saturated heterocycles. The van der Waals surface area contributed by atoms with Crippen molar-refractivity contribution in [3.05, 3.63) is 29.8 Å². The third-order valence-corrected chi connectivity index (χ3v) is 2.62. The molecule has 1 aromatic carbocycles. The molecule has 2 N–H and O–H groups in total. The number of amides is 1. The van der Waals surface area contributed by atoms with Crippen molar-refractivity contribution in [3.63, 3.8) is 0 Å². The standard InChI is InChI=1S/C13H16F3NO3/c1-8(18)11(19)17-12(2,3)9-4-6-10(7-5-9)20-13(14,15)16/h4-8,18H,1-3H3,(H,17,19)/t8-/m0/s1. The second-order valence-corrected chi connectivity index (χ2v) is 4.86. The molecule has 4 nitrogen and oxygen atoms in total. The summed E-state index contributed by atoms with van der Waals surface area (Å²) in [6.07, 6.45) is -5.90. The summed E-state index contributed by atoms with van der Waals surface area (Å²) in [5.41, 5.74) is -0.244. The zero-order valence-electron chi connectivity index (χ0n) is 11.3. The van der Waals surface area contributed by atoms with E-state index in [0.29, 0.717) is 5.56 Å². The summed E-state index contributed by atoms with van der Waals surface area (Å²) in [4.78, 5) is 11.5. The Morgan fingerprint density at radius 1 is 1.25 bits per heavy atom. The van der Waals surface area contributed by atoms with Gasteiger partial charge in [0.15, 0.2) is 0 Å². The molecule has 7 heteroatoms. The minimum absolute atomic E-state index is 0.334. The van der Waals surface area contributed by atoms with E-state index < -0.39 is 23.9 Å². The molecular weight excluding hydrogens is 275 g/mol. The van der Waals surface area contributed by atoms with Crippen LogP contribution >= 0.6 is 0 Å². The third kappa shape index (κ3) is 4.73. The molecule has 0 unspecified atom stereocenters. The Bertz CT molecular complexity index is 467. The predicted octanol–water partition coefficient (Wildman–Crippen LogP) is 2.32. The molecule has 20 heavy (non-hydrogen) atoms. The van der Waals surface area contributed by atoms with Crippen LogP contribution in [-0.4, -0.2) is 23.5 Å². The quantitative estimate of drug-likeness (QED) is 0.895. The van der Waals surface area contributed by atoms with Crippen molar-refractivity contribution >= 4 is 5.91 Å². The lowest BCUT2D eigenvalue weighted by molar-refractivity contribution is -0.274. The van der Waals surface area contributed by atoms with Crippen LogP contribution in [0, 0.1) is 0 Å². The molecule has 1 atom stereocenters. The number of nitrogens with one attached hydrogen (secondary N) is 1. The molecule has 0 aliphatic rings. The van der Waals surface area contributed by atoms with Gasteiger partial charge in [0.2, 0.25) is 5.91 Å². The number of halogens is 3. The molecule has 0 aromatic heterocycles. The van der Waals surface area contributed by atoms with Gasteiger partial charge in [0, 0.05) is 0 Å². The maximum atomic E-state index is 12.0. The highest BCUT2D eigenvalue weighted by molar-refractivity contribution is 5.80. The molecule has 1 rings (SSSR count). The van der Waals surface area contributed by atoms with Crippen molar-refractivity contribution in [1.82, 2.24) is 5.32 Å². The van der Waals surface area contributed by atoms with E-state index in [-0.39, 0.29) is 5.75 Å². The second-order valence-electron chi connectivity index (χ2n) is 4.86. The topological polar surface area (TPSA) is 58.6 Å². The van der Waals surface area contributed by atoms with Gasteiger partial charge in [0.1, 0.15) is 11.9 Å². The molecule has 0 aliphatic carbocycles. The summed E-state index contributed by atoms with van der Waals surface area (Å²) in [5.74, 6) is -0.899. The zero-order valence-corrected chi connectivity index (χ0v) is 11.3. The smallest absolute Gasteiger partial charge is 0.406 e. The normalized spacial score (nSPS) is 13.8. The van der Waals surface area contributed by atoms with E-state index in [2.05, 4.69) is 10.1 Å². The largest absolute Gasteiger partial charge is 0.573 e. The summed E-state index contributed by atoms with van der Waals surface area (Å²) in [5, 5.41) is 11.7. The number of carbonyl (C=O) groups is 1. The third-order valence-electron chi connectivity index (χ3n) is 2.62. The van der Waals surface area contributed by atoms with E-state index >= 15 is 0 Å². The fourth-order valence-corrected chi connectivity index (χ4v) is 1.56. The Hall–Kier alpha value is -1.76. The number of carbonyl (C=O) groups excluding carboxylic acids is 1. The van der Waals surface area contributed by atoms with Crippen LogP contribution in [0.4, 0.5) is 13.2 Å². The minimum Gasteiger partial charge on any atom is -0.406 e.